The topological polar surface area (TPSA) is 98.5 Å². The number of nitro benzene ring substituents is 1. The van der Waals surface area contributed by atoms with Gasteiger partial charge in [0.1, 0.15) is 0 Å². The Balaban J connectivity index is 2.58. The number of esters is 1. The van der Waals surface area contributed by atoms with Crippen molar-refractivity contribution < 1.29 is 19.2 Å². The molecule has 1 aromatic carbocycles. The lowest BCUT2D eigenvalue weighted by Gasteiger charge is -2.06. The Kier molecular flexibility index (Phi) is 5.64. The average Bonchev–Trinajstić information content (AvgIpc) is 2.38. The maximum atomic E-state index is 11.8. The van der Waals surface area contributed by atoms with Crippen LogP contribution in [-0.2, 0) is 9.53 Å². The molecule has 1 amide bonds. The number of amides is 1. The molecule has 0 fully saturated rings. The normalized spacial score (nSPS) is 9.90. The molecule has 7 heteroatoms. The second kappa shape index (κ2) is 7.22. The van der Waals surface area contributed by atoms with Gasteiger partial charge in [0.25, 0.3) is 11.6 Å². The third-order valence-electron chi connectivity index (χ3n) is 2.58. The first-order valence-corrected chi connectivity index (χ1v) is 6.14. The first kappa shape index (κ1) is 15.6. The van der Waals surface area contributed by atoms with Gasteiger partial charge < -0.3 is 10.1 Å². The number of ether oxygens (including phenoxy) is 1. The van der Waals surface area contributed by atoms with Crippen LogP contribution in [0.5, 0.6) is 0 Å². The fourth-order valence-electron chi connectivity index (χ4n) is 1.61. The standard InChI is InChI=1S/C13H16N2O5/c1-3-20-12(16)6-7-14-13(17)10-4-5-11(15(18)19)9(2)8-10/h4-5,8H,3,6-7H2,1-2H3,(H,14,17). The van der Waals surface area contributed by atoms with Gasteiger partial charge in [-0.2, -0.15) is 0 Å². The highest BCUT2D eigenvalue weighted by atomic mass is 16.6. The van der Waals surface area contributed by atoms with Gasteiger partial charge in [0.05, 0.1) is 18.0 Å². The fraction of sp³-hybridized carbons (Fsp3) is 0.385. The summed E-state index contributed by atoms with van der Waals surface area (Å²) in [6.07, 6.45) is 0.0888. The van der Waals surface area contributed by atoms with E-state index in [1.54, 1.807) is 13.8 Å². The van der Waals surface area contributed by atoms with Crippen molar-refractivity contribution in [3.63, 3.8) is 0 Å². The molecule has 1 N–H and O–H groups in total. The summed E-state index contributed by atoms with van der Waals surface area (Å²) in [7, 11) is 0. The van der Waals surface area contributed by atoms with Crippen LogP contribution in [0.3, 0.4) is 0 Å². The van der Waals surface area contributed by atoms with Gasteiger partial charge in [-0.25, -0.2) is 0 Å². The second-order valence-electron chi connectivity index (χ2n) is 4.07. The number of benzene rings is 1. The molecule has 108 valence electrons. The Morgan fingerprint density at radius 3 is 2.65 bits per heavy atom. The van der Waals surface area contributed by atoms with Crippen LogP contribution in [0.15, 0.2) is 18.2 Å². The zero-order valence-corrected chi connectivity index (χ0v) is 11.3. The molecule has 0 unspecified atom stereocenters. The van der Waals surface area contributed by atoms with Crippen LogP contribution in [0.2, 0.25) is 0 Å². The van der Waals surface area contributed by atoms with Crippen molar-refractivity contribution in [3.05, 3.63) is 39.4 Å². The molecule has 0 radical (unpaired) electrons. The summed E-state index contributed by atoms with van der Waals surface area (Å²) in [5.41, 5.74) is 0.693. The summed E-state index contributed by atoms with van der Waals surface area (Å²) in [6, 6.07) is 4.11. The number of rotatable bonds is 6. The van der Waals surface area contributed by atoms with Crippen LogP contribution in [-0.4, -0.2) is 30.0 Å². The minimum Gasteiger partial charge on any atom is -0.466 e. The lowest BCUT2D eigenvalue weighted by molar-refractivity contribution is -0.385. The molecule has 0 aliphatic carbocycles. The van der Waals surface area contributed by atoms with E-state index in [0.29, 0.717) is 17.7 Å². The quantitative estimate of drug-likeness (QED) is 0.484. The minimum atomic E-state index is -0.502. The summed E-state index contributed by atoms with van der Waals surface area (Å²) < 4.78 is 4.73. The number of carbonyl (C=O) groups excluding carboxylic acids is 2. The number of nitro groups is 1. The number of carbonyl (C=O) groups is 2. The third-order valence-corrected chi connectivity index (χ3v) is 2.58. The predicted molar refractivity (Wildman–Crippen MR) is 71.4 cm³/mol. The average molecular weight is 280 g/mol. The lowest BCUT2D eigenvalue weighted by Crippen LogP contribution is -2.26. The van der Waals surface area contributed by atoms with Crippen LogP contribution in [0.4, 0.5) is 5.69 Å². The summed E-state index contributed by atoms with van der Waals surface area (Å²) in [4.78, 5) is 33.0. The van der Waals surface area contributed by atoms with E-state index >= 15 is 0 Å². The molecule has 0 aliphatic heterocycles. The molecule has 1 aromatic rings. The Morgan fingerprint density at radius 1 is 1.40 bits per heavy atom. The number of hydrogen-bond donors (Lipinski definition) is 1. The van der Waals surface area contributed by atoms with Crippen molar-refractivity contribution in [3.8, 4) is 0 Å². The van der Waals surface area contributed by atoms with E-state index in [0.717, 1.165) is 0 Å². The highest BCUT2D eigenvalue weighted by molar-refractivity contribution is 5.94. The van der Waals surface area contributed by atoms with E-state index in [1.165, 1.54) is 18.2 Å². The molecule has 0 aliphatic rings. The lowest BCUT2D eigenvalue weighted by atomic mass is 10.1. The number of nitrogens with zero attached hydrogens (tertiary/aromatic N) is 1. The molecule has 20 heavy (non-hydrogen) atoms. The van der Waals surface area contributed by atoms with Crippen molar-refractivity contribution in [2.45, 2.75) is 20.3 Å². The molecule has 0 bridgehead atoms. The maximum Gasteiger partial charge on any atom is 0.307 e. The molecule has 0 spiro atoms. The van der Waals surface area contributed by atoms with Gasteiger partial charge in [-0.1, -0.05) is 0 Å². The van der Waals surface area contributed by atoms with E-state index in [-0.39, 0.29) is 30.5 Å². The largest absolute Gasteiger partial charge is 0.466 e. The van der Waals surface area contributed by atoms with Gasteiger partial charge in [-0.05, 0) is 26.0 Å². The summed E-state index contributed by atoms with van der Waals surface area (Å²) >= 11 is 0. The van der Waals surface area contributed by atoms with Crippen molar-refractivity contribution in [1.29, 1.82) is 0 Å². The van der Waals surface area contributed by atoms with E-state index in [4.69, 9.17) is 4.74 Å². The monoisotopic (exact) mass is 280 g/mol. The van der Waals surface area contributed by atoms with Crippen molar-refractivity contribution in [1.82, 2.24) is 5.32 Å². The second-order valence-corrected chi connectivity index (χ2v) is 4.07. The first-order valence-electron chi connectivity index (χ1n) is 6.14. The highest BCUT2D eigenvalue weighted by Crippen LogP contribution is 2.18. The molecule has 0 saturated heterocycles. The van der Waals surface area contributed by atoms with Crippen molar-refractivity contribution in [2.24, 2.45) is 0 Å². The van der Waals surface area contributed by atoms with Crippen LogP contribution in [0, 0.1) is 17.0 Å². The fourth-order valence-corrected chi connectivity index (χ4v) is 1.61. The van der Waals surface area contributed by atoms with E-state index in [2.05, 4.69) is 5.32 Å². The summed E-state index contributed by atoms with van der Waals surface area (Å²) in [5.74, 6) is -0.764. The van der Waals surface area contributed by atoms with Crippen LogP contribution in [0.1, 0.15) is 29.3 Å². The van der Waals surface area contributed by atoms with Crippen molar-refractivity contribution >= 4 is 17.6 Å². The van der Waals surface area contributed by atoms with Gasteiger partial charge in [-0.15, -0.1) is 0 Å². The van der Waals surface area contributed by atoms with E-state index < -0.39 is 4.92 Å². The van der Waals surface area contributed by atoms with Crippen LogP contribution >= 0.6 is 0 Å². The zero-order valence-electron chi connectivity index (χ0n) is 11.3. The molecule has 0 atom stereocenters. The van der Waals surface area contributed by atoms with E-state index in [1.807, 2.05) is 0 Å². The van der Waals surface area contributed by atoms with Gasteiger partial charge in [-0.3, -0.25) is 19.7 Å². The van der Waals surface area contributed by atoms with Gasteiger partial charge in [0, 0.05) is 23.7 Å². The van der Waals surface area contributed by atoms with E-state index in [9.17, 15) is 19.7 Å². The Bertz CT molecular complexity index is 527. The Morgan fingerprint density at radius 2 is 2.10 bits per heavy atom. The third kappa shape index (κ3) is 4.34. The number of hydrogen-bond acceptors (Lipinski definition) is 5. The maximum absolute atomic E-state index is 11.8. The van der Waals surface area contributed by atoms with Crippen molar-refractivity contribution in [2.75, 3.05) is 13.2 Å². The zero-order chi connectivity index (χ0) is 15.1. The minimum absolute atomic E-state index is 0.0342. The van der Waals surface area contributed by atoms with Gasteiger partial charge in [0.15, 0.2) is 0 Å². The molecule has 0 heterocycles. The van der Waals surface area contributed by atoms with Gasteiger partial charge >= 0.3 is 5.97 Å². The van der Waals surface area contributed by atoms with Crippen LogP contribution in [0.25, 0.3) is 0 Å². The summed E-state index contributed by atoms with van der Waals surface area (Å²) in [6.45, 7) is 3.73. The molecule has 1 rings (SSSR count). The molecule has 0 saturated carbocycles. The SMILES string of the molecule is CCOC(=O)CCNC(=O)c1ccc([N+](=O)[O-])c(C)c1. The smallest absolute Gasteiger partial charge is 0.307 e. The molecular formula is C13H16N2O5. The molecular weight excluding hydrogens is 264 g/mol. The number of aryl methyl sites for hydroxylation is 1. The molecule has 0 aromatic heterocycles. The summed E-state index contributed by atoms with van der Waals surface area (Å²) in [5, 5.41) is 13.2. The van der Waals surface area contributed by atoms with Crippen LogP contribution < -0.4 is 5.32 Å². The predicted octanol–water partition coefficient (Wildman–Crippen LogP) is 1.59. The Hall–Kier alpha value is -2.44. The number of nitrogens with one attached hydrogen (secondary N) is 1. The molecule has 7 nitrogen and oxygen atoms in total. The highest BCUT2D eigenvalue weighted by Gasteiger charge is 2.13. The van der Waals surface area contributed by atoms with Gasteiger partial charge in [0.2, 0.25) is 0 Å². The Labute approximate surface area is 116 Å². The first-order chi connectivity index (χ1) is 9.45.